The molecule has 0 saturated carbocycles. The first-order chi connectivity index (χ1) is 12.9. The molecule has 1 heterocycles. The van der Waals surface area contributed by atoms with Crippen LogP contribution in [0.25, 0.3) is 11.3 Å². The van der Waals surface area contributed by atoms with Crippen molar-refractivity contribution >= 4 is 17.2 Å². The molecule has 0 atom stereocenters. The molecule has 0 unspecified atom stereocenters. The van der Waals surface area contributed by atoms with Gasteiger partial charge in [0, 0.05) is 17.8 Å². The number of aromatic nitrogens is 2. The van der Waals surface area contributed by atoms with Gasteiger partial charge in [0.25, 0.3) is 5.56 Å². The Morgan fingerprint density at radius 1 is 1.11 bits per heavy atom. The van der Waals surface area contributed by atoms with E-state index in [1.54, 1.807) is 0 Å². The number of ketones is 1. The fraction of sp³-hybridized carbons (Fsp3) is 0.227. The van der Waals surface area contributed by atoms with Crippen molar-refractivity contribution in [2.24, 2.45) is 0 Å². The third-order valence-corrected chi connectivity index (χ3v) is 4.51. The summed E-state index contributed by atoms with van der Waals surface area (Å²) < 4.78 is 1.39. The molecular formula is C22H23N3O2. The van der Waals surface area contributed by atoms with Crippen LogP contribution < -0.4 is 10.9 Å². The molecule has 5 nitrogen and oxygen atoms in total. The smallest absolute Gasteiger partial charge is 0.291 e. The largest absolute Gasteiger partial charge is 0.350 e. The molecule has 0 spiro atoms. The number of anilines is 2. The maximum atomic E-state index is 13.0. The van der Waals surface area contributed by atoms with Crippen molar-refractivity contribution in [3.05, 3.63) is 75.6 Å². The highest BCUT2D eigenvalue weighted by Crippen LogP contribution is 2.28. The Hall–Kier alpha value is -3.21. The average Bonchev–Trinajstić information content (AvgIpc) is 2.66. The van der Waals surface area contributed by atoms with Crippen LogP contribution in [0.3, 0.4) is 0 Å². The summed E-state index contributed by atoms with van der Waals surface area (Å²) in [6, 6.07) is 15.4. The number of hydrogen-bond donors (Lipinski definition) is 1. The number of carbonyl (C=O) groups is 1. The number of nitrogens with one attached hydrogen (secondary N) is 1. The van der Waals surface area contributed by atoms with Gasteiger partial charge in [-0.2, -0.15) is 5.10 Å². The maximum Gasteiger partial charge on any atom is 0.291 e. The average molecular weight is 361 g/mol. The number of hydrogen-bond acceptors (Lipinski definition) is 4. The highest BCUT2D eigenvalue weighted by Gasteiger charge is 2.22. The lowest BCUT2D eigenvalue weighted by molar-refractivity contribution is 0.101. The molecule has 0 fully saturated rings. The first kappa shape index (κ1) is 18.6. The van der Waals surface area contributed by atoms with Crippen molar-refractivity contribution in [3.8, 4) is 11.3 Å². The highest BCUT2D eigenvalue weighted by molar-refractivity contribution is 6.05. The van der Waals surface area contributed by atoms with E-state index in [2.05, 4.69) is 10.4 Å². The molecule has 0 aliphatic heterocycles. The molecule has 1 N–H and O–H groups in total. The fourth-order valence-corrected chi connectivity index (χ4v) is 3.05. The number of benzene rings is 2. The molecule has 3 rings (SSSR count). The van der Waals surface area contributed by atoms with Crippen molar-refractivity contribution in [2.75, 3.05) is 5.32 Å². The lowest BCUT2D eigenvalue weighted by Gasteiger charge is -2.17. The molecule has 138 valence electrons. The second-order valence-electron chi connectivity index (χ2n) is 6.59. The topological polar surface area (TPSA) is 64.0 Å². The van der Waals surface area contributed by atoms with Crippen LogP contribution in [0.4, 0.5) is 11.4 Å². The van der Waals surface area contributed by atoms with E-state index in [0.717, 1.165) is 22.4 Å². The lowest BCUT2D eigenvalue weighted by atomic mass is 10.0. The summed E-state index contributed by atoms with van der Waals surface area (Å²) in [6.45, 7) is 7.69. The highest BCUT2D eigenvalue weighted by atomic mass is 16.1. The molecule has 0 aliphatic rings. The van der Waals surface area contributed by atoms with Crippen molar-refractivity contribution in [1.82, 2.24) is 9.78 Å². The first-order valence-electron chi connectivity index (χ1n) is 8.98. The second-order valence-corrected chi connectivity index (χ2v) is 6.59. The summed E-state index contributed by atoms with van der Waals surface area (Å²) in [5.41, 5.74) is 4.47. The Kier molecular flexibility index (Phi) is 5.21. The van der Waals surface area contributed by atoms with Crippen molar-refractivity contribution in [1.29, 1.82) is 0 Å². The molecule has 0 radical (unpaired) electrons. The van der Waals surface area contributed by atoms with E-state index in [0.29, 0.717) is 17.8 Å². The number of nitrogens with zero attached hydrogens (tertiary/aromatic N) is 2. The summed E-state index contributed by atoms with van der Waals surface area (Å²) in [5, 5.41) is 7.69. The van der Waals surface area contributed by atoms with Gasteiger partial charge >= 0.3 is 0 Å². The molecular weight excluding hydrogens is 338 g/mol. The van der Waals surface area contributed by atoms with E-state index in [4.69, 9.17) is 0 Å². The van der Waals surface area contributed by atoms with Gasteiger partial charge in [0.1, 0.15) is 11.4 Å². The maximum absolute atomic E-state index is 13.0. The molecule has 3 aromatic rings. The van der Waals surface area contributed by atoms with Crippen molar-refractivity contribution in [3.63, 3.8) is 0 Å². The minimum atomic E-state index is -0.303. The zero-order valence-electron chi connectivity index (χ0n) is 16.0. The summed E-state index contributed by atoms with van der Waals surface area (Å²) in [6.07, 6.45) is 0. The normalized spacial score (nSPS) is 10.7. The standard InChI is InChI=1S/C22H23N3O2/c1-5-25-22(27)21(23-18-13-14(2)11-12-15(18)3)19(16(4)26)20(24-25)17-9-7-6-8-10-17/h6-13,23H,5H2,1-4H3. The number of rotatable bonds is 5. The van der Waals surface area contributed by atoms with Gasteiger partial charge in [-0.1, -0.05) is 42.5 Å². The van der Waals surface area contributed by atoms with E-state index < -0.39 is 0 Å². The monoisotopic (exact) mass is 361 g/mol. The number of aryl methyl sites for hydroxylation is 3. The van der Waals surface area contributed by atoms with Crippen LogP contribution in [0, 0.1) is 13.8 Å². The molecule has 0 bridgehead atoms. The van der Waals surface area contributed by atoms with Crippen LogP contribution in [0.2, 0.25) is 0 Å². The molecule has 27 heavy (non-hydrogen) atoms. The third-order valence-electron chi connectivity index (χ3n) is 4.51. The van der Waals surface area contributed by atoms with Crippen LogP contribution in [-0.2, 0) is 6.54 Å². The predicted octanol–water partition coefficient (Wildman–Crippen LogP) is 4.49. The Labute approximate surface area is 158 Å². The van der Waals surface area contributed by atoms with E-state index in [-0.39, 0.29) is 17.0 Å². The van der Waals surface area contributed by atoms with Crippen molar-refractivity contribution in [2.45, 2.75) is 34.2 Å². The first-order valence-corrected chi connectivity index (χ1v) is 8.98. The van der Waals surface area contributed by atoms with Gasteiger partial charge in [-0.3, -0.25) is 9.59 Å². The summed E-state index contributed by atoms with van der Waals surface area (Å²) in [5.74, 6) is -0.200. The Bertz CT molecular complexity index is 1050. The Morgan fingerprint density at radius 2 is 1.81 bits per heavy atom. The lowest BCUT2D eigenvalue weighted by Crippen LogP contribution is -2.28. The molecule has 0 saturated heterocycles. The Morgan fingerprint density at radius 3 is 2.44 bits per heavy atom. The van der Waals surface area contributed by atoms with E-state index in [1.807, 2.05) is 69.3 Å². The van der Waals surface area contributed by atoms with Crippen LogP contribution >= 0.6 is 0 Å². The zero-order chi connectivity index (χ0) is 19.6. The predicted molar refractivity (Wildman–Crippen MR) is 109 cm³/mol. The molecule has 2 aromatic carbocycles. The summed E-state index contributed by atoms with van der Waals surface area (Å²) >= 11 is 0. The van der Waals surface area contributed by atoms with Crippen LogP contribution in [-0.4, -0.2) is 15.6 Å². The van der Waals surface area contributed by atoms with Gasteiger partial charge in [0.05, 0.1) is 5.56 Å². The van der Waals surface area contributed by atoms with E-state index in [1.165, 1.54) is 11.6 Å². The molecule has 0 aliphatic carbocycles. The summed E-state index contributed by atoms with van der Waals surface area (Å²) in [4.78, 5) is 25.5. The van der Waals surface area contributed by atoms with Gasteiger partial charge in [0.15, 0.2) is 5.78 Å². The second kappa shape index (κ2) is 7.58. The van der Waals surface area contributed by atoms with Gasteiger partial charge in [-0.15, -0.1) is 0 Å². The van der Waals surface area contributed by atoms with Crippen molar-refractivity contribution < 1.29 is 4.79 Å². The minimum absolute atomic E-state index is 0.200. The van der Waals surface area contributed by atoms with E-state index in [9.17, 15) is 9.59 Å². The van der Waals surface area contributed by atoms with Crippen LogP contribution in [0.15, 0.2) is 53.3 Å². The SMILES string of the molecule is CCn1nc(-c2ccccc2)c(C(C)=O)c(Nc2cc(C)ccc2C)c1=O. The van der Waals surface area contributed by atoms with Gasteiger partial charge in [-0.05, 0) is 44.9 Å². The zero-order valence-corrected chi connectivity index (χ0v) is 16.0. The minimum Gasteiger partial charge on any atom is -0.350 e. The molecule has 5 heteroatoms. The van der Waals surface area contributed by atoms with Crippen LogP contribution in [0.5, 0.6) is 0 Å². The summed E-state index contributed by atoms with van der Waals surface area (Å²) in [7, 11) is 0. The Balaban J connectivity index is 2.30. The van der Waals surface area contributed by atoms with Gasteiger partial charge < -0.3 is 5.32 Å². The fourth-order valence-electron chi connectivity index (χ4n) is 3.05. The van der Waals surface area contributed by atoms with Gasteiger partial charge in [0.2, 0.25) is 0 Å². The molecule has 0 amide bonds. The number of Topliss-reactive ketones (excluding diaryl/α,β-unsaturated/α-hetero) is 1. The number of carbonyl (C=O) groups excluding carboxylic acids is 1. The third kappa shape index (κ3) is 3.67. The quantitative estimate of drug-likeness (QED) is 0.680. The molecule has 1 aromatic heterocycles. The van der Waals surface area contributed by atoms with E-state index >= 15 is 0 Å². The van der Waals surface area contributed by atoms with Crippen LogP contribution in [0.1, 0.15) is 35.3 Å². The van der Waals surface area contributed by atoms with Gasteiger partial charge in [-0.25, -0.2) is 4.68 Å².